The molecule has 2 nitrogen and oxygen atoms in total. The van der Waals surface area contributed by atoms with Crippen molar-refractivity contribution in [2.75, 3.05) is 0 Å². The molecule has 14 heavy (non-hydrogen) atoms. The number of carboxylic acids is 1. The van der Waals surface area contributed by atoms with Crippen molar-refractivity contribution in [2.24, 2.45) is 5.92 Å². The zero-order valence-electron chi connectivity index (χ0n) is 9.84. The van der Waals surface area contributed by atoms with Crippen LogP contribution in [0.4, 0.5) is 0 Å². The minimum Gasteiger partial charge on any atom is -0.550 e. The Kier molecular flexibility index (Phi) is 13.9. The third kappa shape index (κ3) is 10.6. The molecule has 0 aromatic rings. The first-order valence-electron chi connectivity index (χ1n) is 5.39. The van der Waals surface area contributed by atoms with E-state index >= 15 is 0 Å². The minimum absolute atomic E-state index is 0. The standard InChI is InChI=1S/C11H22O2.Na/c1-3-4-5-6-7-8-9-10(2)11(12)13;/h10H,3-9H2,1-2H3,(H,12,13);/q;+1/p-1/t10-;/m1./s1. The first-order chi connectivity index (χ1) is 6.18. The number of hydrogen-bond acceptors (Lipinski definition) is 2. The van der Waals surface area contributed by atoms with Crippen molar-refractivity contribution in [1.82, 2.24) is 0 Å². The van der Waals surface area contributed by atoms with Gasteiger partial charge in [-0.2, -0.15) is 0 Å². The van der Waals surface area contributed by atoms with Crippen LogP contribution >= 0.6 is 0 Å². The van der Waals surface area contributed by atoms with Gasteiger partial charge < -0.3 is 9.90 Å². The Balaban J connectivity index is 0. The molecule has 0 bridgehead atoms. The van der Waals surface area contributed by atoms with Crippen molar-refractivity contribution in [3.8, 4) is 0 Å². The number of rotatable bonds is 8. The molecule has 0 aliphatic rings. The van der Waals surface area contributed by atoms with Crippen LogP contribution in [0.15, 0.2) is 0 Å². The van der Waals surface area contributed by atoms with Crippen LogP contribution in [0.5, 0.6) is 0 Å². The van der Waals surface area contributed by atoms with E-state index in [1.165, 1.54) is 25.7 Å². The zero-order valence-corrected chi connectivity index (χ0v) is 11.8. The maximum Gasteiger partial charge on any atom is 1.00 e. The summed E-state index contributed by atoms with van der Waals surface area (Å²) < 4.78 is 0. The Bertz CT molecular complexity index is 137. The Hall–Kier alpha value is 0.470. The smallest absolute Gasteiger partial charge is 0.550 e. The molecule has 0 heterocycles. The first kappa shape index (κ1) is 16.9. The monoisotopic (exact) mass is 208 g/mol. The second-order valence-electron chi connectivity index (χ2n) is 3.78. The summed E-state index contributed by atoms with van der Waals surface area (Å²) in [4.78, 5) is 10.4. The topological polar surface area (TPSA) is 40.1 Å². The molecule has 1 atom stereocenters. The number of carbonyl (C=O) groups excluding carboxylic acids is 1. The maximum absolute atomic E-state index is 10.4. The van der Waals surface area contributed by atoms with Gasteiger partial charge >= 0.3 is 29.6 Å². The van der Waals surface area contributed by atoms with Crippen LogP contribution in [0.2, 0.25) is 0 Å². The van der Waals surface area contributed by atoms with Crippen molar-refractivity contribution in [1.29, 1.82) is 0 Å². The van der Waals surface area contributed by atoms with E-state index in [0.29, 0.717) is 0 Å². The molecule has 78 valence electrons. The summed E-state index contributed by atoms with van der Waals surface area (Å²) in [5.74, 6) is -1.18. The molecule has 0 spiro atoms. The van der Waals surface area contributed by atoms with Gasteiger partial charge in [-0.3, -0.25) is 0 Å². The van der Waals surface area contributed by atoms with Crippen LogP contribution in [-0.2, 0) is 4.79 Å². The fraction of sp³-hybridized carbons (Fsp3) is 0.909. The van der Waals surface area contributed by atoms with Gasteiger partial charge in [0.15, 0.2) is 0 Å². The normalized spacial score (nSPS) is 11.9. The zero-order chi connectivity index (χ0) is 10.1. The fourth-order valence-corrected chi connectivity index (χ4v) is 1.35. The van der Waals surface area contributed by atoms with Crippen LogP contribution in [-0.4, -0.2) is 5.97 Å². The molecule has 0 unspecified atom stereocenters. The van der Waals surface area contributed by atoms with Gasteiger partial charge in [-0.05, 0) is 12.3 Å². The van der Waals surface area contributed by atoms with Crippen LogP contribution in [0.25, 0.3) is 0 Å². The third-order valence-corrected chi connectivity index (χ3v) is 2.39. The number of aliphatic carboxylic acids is 1. The van der Waals surface area contributed by atoms with Crippen molar-refractivity contribution < 1.29 is 39.5 Å². The van der Waals surface area contributed by atoms with E-state index in [0.717, 1.165) is 19.3 Å². The van der Waals surface area contributed by atoms with Crippen molar-refractivity contribution in [2.45, 2.75) is 58.8 Å². The van der Waals surface area contributed by atoms with E-state index in [1.807, 2.05) is 0 Å². The van der Waals surface area contributed by atoms with Gasteiger partial charge in [0.1, 0.15) is 0 Å². The van der Waals surface area contributed by atoms with Gasteiger partial charge in [0, 0.05) is 5.97 Å². The summed E-state index contributed by atoms with van der Waals surface area (Å²) >= 11 is 0. The number of carbonyl (C=O) groups is 1. The van der Waals surface area contributed by atoms with Crippen molar-refractivity contribution in [3.05, 3.63) is 0 Å². The average molecular weight is 208 g/mol. The van der Waals surface area contributed by atoms with E-state index in [9.17, 15) is 9.90 Å². The first-order valence-corrected chi connectivity index (χ1v) is 5.39. The summed E-state index contributed by atoms with van der Waals surface area (Å²) in [5, 5.41) is 10.4. The number of carboxylic acid groups (broad SMARTS) is 1. The van der Waals surface area contributed by atoms with E-state index in [4.69, 9.17) is 0 Å². The molecule has 0 rings (SSSR count). The Labute approximate surface area is 110 Å². The molecule has 0 aliphatic heterocycles. The van der Waals surface area contributed by atoms with Gasteiger partial charge in [-0.25, -0.2) is 0 Å². The van der Waals surface area contributed by atoms with E-state index < -0.39 is 5.97 Å². The van der Waals surface area contributed by atoms with Gasteiger partial charge in [0.2, 0.25) is 0 Å². The molecule has 0 radical (unpaired) electrons. The second kappa shape index (κ2) is 11.5. The third-order valence-electron chi connectivity index (χ3n) is 2.39. The van der Waals surface area contributed by atoms with Gasteiger partial charge in [0.25, 0.3) is 0 Å². The van der Waals surface area contributed by atoms with Crippen LogP contribution in [0, 0.1) is 5.92 Å². The van der Waals surface area contributed by atoms with E-state index in [2.05, 4.69) is 6.92 Å². The van der Waals surface area contributed by atoms with Crippen LogP contribution in [0.3, 0.4) is 0 Å². The summed E-state index contributed by atoms with van der Waals surface area (Å²) in [6.07, 6.45) is 8.06. The molecule has 0 fully saturated rings. The van der Waals surface area contributed by atoms with Crippen molar-refractivity contribution >= 4 is 5.97 Å². The molecule has 0 saturated carbocycles. The molecule has 0 N–H and O–H groups in total. The Morgan fingerprint density at radius 3 is 2.14 bits per heavy atom. The van der Waals surface area contributed by atoms with Gasteiger partial charge in [-0.15, -0.1) is 0 Å². The SMILES string of the molecule is CCCCCCCC[C@@H](C)C(=O)[O-].[Na+]. The molecule has 0 aromatic heterocycles. The van der Waals surface area contributed by atoms with E-state index in [-0.39, 0.29) is 35.5 Å². The van der Waals surface area contributed by atoms with Crippen molar-refractivity contribution in [3.63, 3.8) is 0 Å². The molecule has 0 aliphatic carbocycles. The molecular weight excluding hydrogens is 187 g/mol. The van der Waals surface area contributed by atoms with Gasteiger partial charge in [0.05, 0.1) is 0 Å². The molecule has 3 heteroatoms. The predicted octanol–water partition coefficient (Wildman–Crippen LogP) is -0.873. The fourth-order valence-electron chi connectivity index (χ4n) is 1.35. The van der Waals surface area contributed by atoms with E-state index in [1.54, 1.807) is 6.92 Å². The number of hydrogen-bond donors (Lipinski definition) is 0. The van der Waals surface area contributed by atoms with Gasteiger partial charge in [-0.1, -0.05) is 52.4 Å². The summed E-state index contributed by atoms with van der Waals surface area (Å²) in [6.45, 7) is 3.92. The molecular formula is C11H21NaO2. The summed E-state index contributed by atoms with van der Waals surface area (Å²) in [6, 6.07) is 0. The van der Waals surface area contributed by atoms with Crippen LogP contribution < -0.4 is 34.7 Å². The minimum atomic E-state index is -0.909. The average Bonchev–Trinajstić information content (AvgIpc) is 2.10. The number of unbranched alkanes of at least 4 members (excludes halogenated alkanes) is 5. The second-order valence-corrected chi connectivity index (χ2v) is 3.78. The molecule has 0 aromatic carbocycles. The summed E-state index contributed by atoms with van der Waals surface area (Å²) in [7, 11) is 0. The Morgan fingerprint density at radius 2 is 1.64 bits per heavy atom. The Morgan fingerprint density at radius 1 is 1.14 bits per heavy atom. The predicted molar refractivity (Wildman–Crippen MR) is 52.2 cm³/mol. The molecule has 0 amide bonds. The summed E-state index contributed by atoms with van der Waals surface area (Å²) in [5.41, 5.74) is 0. The maximum atomic E-state index is 10.4. The largest absolute Gasteiger partial charge is 1.00 e. The molecule has 0 saturated heterocycles. The quantitative estimate of drug-likeness (QED) is 0.384. The van der Waals surface area contributed by atoms with Crippen LogP contribution in [0.1, 0.15) is 58.8 Å².